The molecule has 7 N–H and O–H groups in total. The molecule has 3 aliphatic rings. The molecule has 14 nitrogen and oxygen atoms in total. The number of nitrogens with zero attached hydrogens (tertiary/aromatic N) is 2. The number of ether oxygens (including phenoxy) is 1. The number of benzene rings is 1. The molecule has 1 aromatic rings. The van der Waals surface area contributed by atoms with Gasteiger partial charge in [-0.05, 0) is 44.5 Å². The Bertz CT molecular complexity index is 1460. The monoisotopic (exact) mass is 572 g/mol. The second kappa shape index (κ2) is 10.2. The number of aromatic hydroxyl groups is 1. The molecule has 1 aromatic carbocycles. The molecule has 0 bridgehead atoms. The van der Waals surface area contributed by atoms with Gasteiger partial charge in [0.1, 0.15) is 22.8 Å². The standard InChI is InChI=1S/C27H32N4O10/c1-10(32)41-9-16(33)29-14-8-15(30(2)3)12-6-11-7-13-20(31(4)5)23(36)19(26(28)39)25(38)27(13,40)24(37)17(11)22(35)18(12)21(14)34/h8,11,13,20,34-35,38,40H,6-7,9H2,1-5H3,(H2,28,39)(H,29,33)/t11?,13?,20-,27?/m0/s1. The van der Waals surface area contributed by atoms with Crippen LogP contribution in [0.2, 0.25) is 0 Å². The third kappa shape index (κ3) is 4.48. The third-order valence-electron chi connectivity index (χ3n) is 7.86. The average Bonchev–Trinajstić information content (AvgIpc) is 2.85. The van der Waals surface area contributed by atoms with Crippen LogP contribution >= 0.6 is 0 Å². The van der Waals surface area contributed by atoms with Gasteiger partial charge in [-0.2, -0.15) is 0 Å². The minimum absolute atomic E-state index is 0.0553. The second-order valence-electron chi connectivity index (χ2n) is 10.8. The number of amides is 2. The van der Waals surface area contributed by atoms with Crippen LogP contribution in [0.1, 0.15) is 24.5 Å². The number of hydrogen-bond donors (Lipinski definition) is 6. The molecule has 2 amide bonds. The minimum Gasteiger partial charge on any atom is -0.508 e. The van der Waals surface area contributed by atoms with Crippen molar-refractivity contribution in [3.05, 3.63) is 34.1 Å². The van der Waals surface area contributed by atoms with Gasteiger partial charge in [-0.25, -0.2) is 0 Å². The van der Waals surface area contributed by atoms with Gasteiger partial charge in [-0.3, -0.25) is 28.9 Å². The lowest BCUT2D eigenvalue weighted by molar-refractivity contribution is -0.153. The molecule has 14 heteroatoms. The summed E-state index contributed by atoms with van der Waals surface area (Å²) in [6, 6.07) is 0.267. The largest absolute Gasteiger partial charge is 0.508 e. The highest BCUT2D eigenvalue weighted by Gasteiger charge is 2.64. The van der Waals surface area contributed by atoms with Crippen LogP contribution < -0.4 is 16.0 Å². The maximum atomic E-state index is 14.0. The van der Waals surface area contributed by atoms with Crippen molar-refractivity contribution >= 4 is 46.5 Å². The van der Waals surface area contributed by atoms with Crippen molar-refractivity contribution in [3.8, 4) is 5.75 Å². The fourth-order valence-electron chi connectivity index (χ4n) is 6.14. The molecule has 0 aromatic heterocycles. The van der Waals surface area contributed by atoms with Crippen LogP contribution in [0.3, 0.4) is 0 Å². The first-order valence-electron chi connectivity index (χ1n) is 12.7. The Morgan fingerprint density at radius 1 is 1.15 bits per heavy atom. The number of carbonyl (C=O) groups is 5. The highest BCUT2D eigenvalue weighted by atomic mass is 16.5. The molecule has 3 unspecified atom stereocenters. The summed E-state index contributed by atoms with van der Waals surface area (Å²) in [5.74, 6) is -9.19. The van der Waals surface area contributed by atoms with Crippen molar-refractivity contribution in [3.63, 3.8) is 0 Å². The number of rotatable bonds is 6. The van der Waals surface area contributed by atoms with E-state index in [2.05, 4.69) is 10.1 Å². The Hall–Kier alpha value is -4.43. The summed E-state index contributed by atoms with van der Waals surface area (Å²) in [4.78, 5) is 65.8. The molecule has 41 heavy (non-hydrogen) atoms. The number of esters is 1. The maximum absolute atomic E-state index is 14.0. The first kappa shape index (κ1) is 29.6. The smallest absolute Gasteiger partial charge is 0.303 e. The third-order valence-corrected chi connectivity index (χ3v) is 7.86. The summed E-state index contributed by atoms with van der Waals surface area (Å²) < 4.78 is 4.68. The van der Waals surface area contributed by atoms with Crippen LogP contribution in [0.15, 0.2) is 23.0 Å². The van der Waals surface area contributed by atoms with Crippen molar-refractivity contribution in [2.24, 2.45) is 17.6 Å². The van der Waals surface area contributed by atoms with Crippen LogP contribution in [0.4, 0.5) is 11.4 Å². The SMILES string of the molecule is CC(=O)OCC(=O)Nc1cc(N(C)C)c2c(c1O)C(O)=C1C(=O)C3(O)C(O)=C(C(N)=O)C(=O)[C@@H](N(C)C)C3CC1C2. The Labute approximate surface area is 234 Å². The lowest BCUT2D eigenvalue weighted by Crippen LogP contribution is -2.65. The highest BCUT2D eigenvalue weighted by molar-refractivity contribution is 6.24. The Kier molecular flexibility index (Phi) is 7.35. The number of nitrogens with one attached hydrogen (secondary N) is 1. The van der Waals surface area contributed by atoms with Gasteiger partial charge in [-0.15, -0.1) is 0 Å². The molecule has 0 aliphatic heterocycles. The van der Waals surface area contributed by atoms with E-state index in [0.717, 1.165) is 6.92 Å². The number of primary amides is 1. The van der Waals surface area contributed by atoms with E-state index < -0.39 is 82.3 Å². The molecule has 3 aliphatic carbocycles. The molecular formula is C27H32N4O10. The first-order valence-corrected chi connectivity index (χ1v) is 12.7. The molecular weight excluding hydrogens is 540 g/mol. The van der Waals surface area contributed by atoms with Crippen LogP contribution in [-0.2, 0) is 35.1 Å². The Morgan fingerprint density at radius 2 is 1.78 bits per heavy atom. The summed E-state index contributed by atoms with van der Waals surface area (Å²) in [5, 5.41) is 47.7. The number of Topliss-reactive ketones (excluding diaryl/α,β-unsaturated/α-hetero) is 2. The molecule has 220 valence electrons. The minimum atomic E-state index is -2.76. The maximum Gasteiger partial charge on any atom is 0.303 e. The van der Waals surface area contributed by atoms with E-state index in [0.29, 0.717) is 11.3 Å². The molecule has 0 spiro atoms. The molecule has 0 saturated heterocycles. The van der Waals surface area contributed by atoms with Crippen molar-refractivity contribution in [2.45, 2.75) is 31.4 Å². The Morgan fingerprint density at radius 3 is 2.32 bits per heavy atom. The first-order chi connectivity index (χ1) is 19.0. The van der Waals surface area contributed by atoms with Crippen molar-refractivity contribution < 1.29 is 49.1 Å². The van der Waals surface area contributed by atoms with Crippen LogP contribution in [-0.4, -0.2) is 101 Å². The van der Waals surface area contributed by atoms with Gasteiger partial charge in [0.2, 0.25) is 5.78 Å². The molecule has 0 heterocycles. The zero-order valence-electron chi connectivity index (χ0n) is 23.1. The fourth-order valence-corrected chi connectivity index (χ4v) is 6.14. The zero-order chi connectivity index (χ0) is 30.7. The number of hydrogen-bond acceptors (Lipinski definition) is 12. The number of phenolic OH excluding ortho intramolecular Hbond substituents is 1. The topological polar surface area (TPSA) is 220 Å². The van der Waals surface area contributed by atoms with Gasteiger partial charge in [0, 0.05) is 38.2 Å². The lowest BCUT2D eigenvalue weighted by atomic mass is 9.57. The lowest BCUT2D eigenvalue weighted by Gasteiger charge is -2.50. The van der Waals surface area contributed by atoms with E-state index in [1.165, 1.54) is 25.1 Å². The van der Waals surface area contributed by atoms with Gasteiger partial charge < -0.3 is 41.1 Å². The normalized spacial score (nSPS) is 25.4. The number of carbonyl (C=O) groups excluding carboxylic acids is 5. The summed E-state index contributed by atoms with van der Waals surface area (Å²) >= 11 is 0. The van der Waals surface area contributed by atoms with E-state index in [9.17, 15) is 44.4 Å². The fraction of sp³-hybridized carbons (Fsp3) is 0.444. The summed E-state index contributed by atoms with van der Waals surface area (Å²) in [5.41, 5.74) is 1.92. The molecule has 1 saturated carbocycles. The van der Waals surface area contributed by atoms with E-state index in [1.54, 1.807) is 19.0 Å². The number of likely N-dealkylation sites (N-methyl/N-ethyl adjacent to an activating group) is 1. The molecule has 4 atom stereocenters. The molecule has 4 rings (SSSR count). The number of phenols is 1. The number of aliphatic hydroxyl groups excluding tert-OH is 2. The van der Waals surface area contributed by atoms with Crippen molar-refractivity contribution in [1.29, 1.82) is 0 Å². The number of nitrogens with two attached hydrogens (primary N) is 1. The van der Waals surface area contributed by atoms with Gasteiger partial charge in [-0.1, -0.05) is 0 Å². The molecule has 0 radical (unpaired) electrons. The van der Waals surface area contributed by atoms with Crippen LogP contribution in [0.5, 0.6) is 5.75 Å². The van der Waals surface area contributed by atoms with Gasteiger partial charge in [0.05, 0.1) is 17.3 Å². The van der Waals surface area contributed by atoms with E-state index in [4.69, 9.17) is 5.73 Å². The highest BCUT2D eigenvalue weighted by Crippen LogP contribution is 2.54. The zero-order valence-corrected chi connectivity index (χ0v) is 23.1. The number of ketones is 2. The predicted molar refractivity (Wildman–Crippen MR) is 144 cm³/mol. The van der Waals surface area contributed by atoms with Gasteiger partial charge in [0.15, 0.2) is 18.0 Å². The van der Waals surface area contributed by atoms with Crippen molar-refractivity contribution in [2.75, 3.05) is 45.0 Å². The van der Waals surface area contributed by atoms with E-state index in [-0.39, 0.29) is 29.7 Å². The van der Waals surface area contributed by atoms with Crippen LogP contribution in [0, 0.1) is 11.8 Å². The molecule has 1 fully saturated rings. The summed E-state index contributed by atoms with van der Waals surface area (Å²) in [6.07, 6.45) is 0.0253. The van der Waals surface area contributed by atoms with E-state index >= 15 is 0 Å². The summed E-state index contributed by atoms with van der Waals surface area (Å²) in [7, 11) is 6.42. The van der Waals surface area contributed by atoms with E-state index in [1.807, 2.05) is 0 Å². The van der Waals surface area contributed by atoms with Crippen molar-refractivity contribution in [1.82, 2.24) is 4.90 Å². The van der Waals surface area contributed by atoms with Gasteiger partial charge >= 0.3 is 5.97 Å². The number of anilines is 2. The summed E-state index contributed by atoms with van der Waals surface area (Å²) in [6.45, 7) is 0.487. The van der Waals surface area contributed by atoms with Crippen LogP contribution in [0.25, 0.3) is 5.76 Å². The number of aliphatic hydroxyl groups is 3. The number of fused-ring (bicyclic) bond motifs is 3. The Balaban J connectivity index is 1.92. The predicted octanol–water partition coefficient (Wildman–Crippen LogP) is -0.468. The average molecular weight is 573 g/mol. The quantitative estimate of drug-likeness (QED) is 0.145. The van der Waals surface area contributed by atoms with Gasteiger partial charge in [0.25, 0.3) is 11.8 Å². The second-order valence-corrected chi connectivity index (χ2v) is 10.8.